The average Bonchev–Trinajstić information content (AvgIpc) is 2.92. The summed E-state index contributed by atoms with van der Waals surface area (Å²) in [7, 11) is 1.80. The summed E-state index contributed by atoms with van der Waals surface area (Å²) < 4.78 is 27.1. The summed E-state index contributed by atoms with van der Waals surface area (Å²) in [6, 6.07) is 4.27. The van der Waals surface area contributed by atoms with Crippen LogP contribution in [0.25, 0.3) is 0 Å². The van der Waals surface area contributed by atoms with E-state index in [0.717, 1.165) is 38.0 Å². The molecule has 20 heavy (non-hydrogen) atoms. The smallest absolute Gasteiger partial charge is 0.163 e. The number of halogens is 2. The van der Waals surface area contributed by atoms with Crippen LogP contribution >= 0.6 is 0 Å². The molecule has 0 bridgehead atoms. The number of nitrogens with one attached hydrogen (secondary N) is 1. The lowest BCUT2D eigenvalue weighted by Crippen LogP contribution is -2.27. The lowest BCUT2D eigenvalue weighted by molar-refractivity contribution is 0.299. The normalized spacial score (nSPS) is 21.3. The van der Waals surface area contributed by atoms with Crippen LogP contribution in [0.3, 0.4) is 0 Å². The van der Waals surface area contributed by atoms with Gasteiger partial charge in [0.2, 0.25) is 0 Å². The summed E-state index contributed by atoms with van der Waals surface area (Å²) in [5.74, 6) is -0.691. The van der Waals surface area contributed by atoms with Crippen molar-refractivity contribution in [2.24, 2.45) is 5.92 Å². The molecule has 0 saturated carbocycles. The van der Waals surface area contributed by atoms with Crippen LogP contribution < -0.4 is 5.32 Å². The molecule has 0 amide bonds. The van der Waals surface area contributed by atoms with Gasteiger partial charge in [0.15, 0.2) is 11.6 Å². The highest BCUT2D eigenvalue weighted by Gasteiger charge is 2.22. The maximum absolute atomic E-state index is 13.8. The largest absolute Gasteiger partial charge is 0.313 e. The second-order valence-corrected chi connectivity index (χ2v) is 5.64. The van der Waals surface area contributed by atoms with Gasteiger partial charge in [-0.3, -0.25) is 0 Å². The minimum absolute atomic E-state index is 0.133. The highest BCUT2D eigenvalue weighted by Crippen LogP contribution is 2.24. The highest BCUT2D eigenvalue weighted by atomic mass is 19.2. The number of likely N-dealkylation sites (tertiary alicyclic amines) is 1. The molecule has 2 nitrogen and oxygen atoms in total. The Bertz CT molecular complexity index is 436. The molecule has 0 spiro atoms. The van der Waals surface area contributed by atoms with Gasteiger partial charge in [0.1, 0.15) is 0 Å². The van der Waals surface area contributed by atoms with Crippen LogP contribution in [-0.4, -0.2) is 31.6 Å². The molecule has 1 N–H and O–H groups in total. The van der Waals surface area contributed by atoms with Crippen molar-refractivity contribution < 1.29 is 8.78 Å². The van der Waals surface area contributed by atoms with Crippen LogP contribution in [-0.2, 0) is 0 Å². The van der Waals surface area contributed by atoms with E-state index in [1.165, 1.54) is 12.8 Å². The molecule has 4 heteroatoms. The van der Waals surface area contributed by atoms with Crippen molar-refractivity contribution in [3.8, 4) is 0 Å². The topological polar surface area (TPSA) is 15.3 Å². The molecule has 112 valence electrons. The van der Waals surface area contributed by atoms with Crippen molar-refractivity contribution in [2.45, 2.75) is 32.2 Å². The van der Waals surface area contributed by atoms with E-state index in [-0.39, 0.29) is 6.04 Å². The monoisotopic (exact) mass is 282 g/mol. The first-order valence-electron chi connectivity index (χ1n) is 7.49. The molecule has 0 radical (unpaired) electrons. The second kappa shape index (κ2) is 7.14. The average molecular weight is 282 g/mol. The maximum Gasteiger partial charge on any atom is 0.163 e. The van der Waals surface area contributed by atoms with E-state index >= 15 is 0 Å². The zero-order valence-electron chi connectivity index (χ0n) is 12.3. The van der Waals surface area contributed by atoms with E-state index in [1.54, 1.807) is 19.2 Å². The van der Waals surface area contributed by atoms with Gasteiger partial charge < -0.3 is 10.2 Å². The first-order valence-corrected chi connectivity index (χ1v) is 7.49. The van der Waals surface area contributed by atoms with Crippen molar-refractivity contribution in [1.82, 2.24) is 10.2 Å². The number of hydrogen-bond acceptors (Lipinski definition) is 2. The zero-order valence-corrected chi connectivity index (χ0v) is 12.3. The molecule has 1 aliphatic heterocycles. The molecule has 0 aliphatic carbocycles. The van der Waals surface area contributed by atoms with Crippen molar-refractivity contribution >= 4 is 0 Å². The SMILES string of the molecule is CCC1CCN(CCC(NC)c2cccc(F)c2F)C1. The Balaban J connectivity index is 1.94. The van der Waals surface area contributed by atoms with E-state index in [9.17, 15) is 8.78 Å². The molecular formula is C16H24F2N2. The molecule has 2 unspecified atom stereocenters. The lowest BCUT2D eigenvalue weighted by Gasteiger charge is -2.22. The summed E-state index contributed by atoms with van der Waals surface area (Å²) >= 11 is 0. The van der Waals surface area contributed by atoms with Crippen molar-refractivity contribution in [1.29, 1.82) is 0 Å². The molecule has 1 fully saturated rings. The van der Waals surface area contributed by atoms with Crippen molar-refractivity contribution in [3.63, 3.8) is 0 Å². The van der Waals surface area contributed by atoms with Gasteiger partial charge in [0, 0.05) is 18.2 Å². The molecule has 1 aliphatic rings. The standard InChI is InChI=1S/C16H24F2N2/c1-3-12-7-9-20(11-12)10-8-15(19-2)13-5-4-6-14(17)16(13)18/h4-6,12,15,19H,3,7-11H2,1-2H3. The summed E-state index contributed by atoms with van der Waals surface area (Å²) in [5, 5.41) is 3.10. The van der Waals surface area contributed by atoms with Gasteiger partial charge in [-0.15, -0.1) is 0 Å². The number of rotatable bonds is 6. The first-order chi connectivity index (χ1) is 9.65. The van der Waals surface area contributed by atoms with E-state index in [4.69, 9.17) is 0 Å². The van der Waals surface area contributed by atoms with Gasteiger partial charge in [-0.25, -0.2) is 8.78 Å². The number of nitrogens with zero attached hydrogens (tertiary/aromatic N) is 1. The number of benzene rings is 1. The molecule has 0 aromatic heterocycles. The Morgan fingerprint density at radius 2 is 2.20 bits per heavy atom. The summed E-state index contributed by atoms with van der Waals surface area (Å²) in [6.07, 6.45) is 3.28. The second-order valence-electron chi connectivity index (χ2n) is 5.64. The molecule has 2 atom stereocenters. The molecule has 2 rings (SSSR count). The molecule has 1 aromatic carbocycles. The summed E-state index contributed by atoms with van der Waals surface area (Å²) in [5.41, 5.74) is 0.429. The predicted molar refractivity (Wildman–Crippen MR) is 77.6 cm³/mol. The summed E-state index contributed by atoms with van der Waals surface area (Å²) in [6.45, 7) is 5.42. The fraction of sp³-hybridized carbons (Fsp3) is 0.625. The van der Waals surface area contributed by atoms with Crippen LogP contribution in [0.15, 0.2) is 18.2 Å². The third kappa shape index (κ3) is 3.55. The first kappa shape index (κ1) is 15.4. The minimum Gasteiger partial charge on any atom is -0.313 e. The van der Waals surface area contributed by atoms with E-state index in [0.29, 0.717) is 5.56 Å². The van der Waals surface area contributed by atoms with Gasteiger partial charge in [-0.1, -0.05) is 25.5 Å². The fourth-order valence-corrected chi connectivity index (χ4v) is 3.01. The number of hydrogen-bond donors (Lipinski definition) is 1. The van der Waals surface area contributed by atoms with Crippen molar-refractivity contribution in [3.05, 3.63) is 35.4 Å². The Kier molecular flexibility index (Phi) is 5.49. The van der Waals surface area contributed by atoms with Gasteiger partial charge in [0.05, 0.1) is 0 Å². The Labute approximate surface area is 120 Å². The highest BCUT2D eigenvalue weighted by molar-refractivity contribution is 5.22. The molecule has 1 saturated heterocycles. The van der Waals surface area contributed by atoms with Gasteiger partial charge in [0.25, 0.3) is 0 Å². The Morgan fingerprint density at radius 1 is 1.40 bits per heavy atom. The quantitative estimate of drug-likeness (QED) is 0.861. The zero-order chi connectivity index (χ0) is 14.5. The Hall–Kier alpha value is -1.00. The minimum atomic E-state index is -0.769. The van der Waals surface area contributed by atoms with Gasteiger partial charge in [-0.05, 0) is 45.0 Å². The summed E-state index contributed by atoms with van der Waals surface area (Å²) in [4.78, 5) is 2.43. The van der Waals surface area contributed by atoms with Crippen LogP contribution in [0.1, 0.15) is 37.8 Å². The van der Waals surface area contributed by atoms with E-state index in [1.807, 2.05) is 0 Å². The predicted octanol–water partition coefficient (Wildman–Crippen LogP) is 3.35. The van der Waals surface area contributed by atoms with E-state index < -0.39 is 11.6 Å². The van der Waals surface area contributed by atoms with E-state index in [2.05, 4.69) is 17.1 Å². The molecule has 1 aromatic rings. The lowest BCUT2D eigenvalue weighted by atomic mass is 10.0. The fourth-order valence-electron chi connectivity index (χ4n) is 3.01. The third-order valence-corrected chi connectivity index (χ3v) is 4.39. The van der Waals surface area contributed by atoms with Crippen LogP contribution in [0.4, 0.5) is 8.78 Å². The van der Waals surface area contributed by atoms with Gasteiger partial charge in [-0.2, -0.15) is 0 Å². The van der Waals surface area contributed by atoms with Crippen LogP contribution in [0.2, 0.25) is 0 Å². The van der Waals surface area contributed by atoms with Crippen molar-refractivity contribution in [2.75, 3.05) is 26.7 Å². The Morgan fingerprint density at radius 3 is 2.85 bits per heavy atom. The maximum atomic E-state index is 13.8. The molecular weight excluding hydrogens is 258 g/mol. The van der Waals surface area contributed by atoms with Gasteiger partial charge >= 0.3 is 0 Å². The van der Waals surface area contributed by atoms with Crippen LogP contribution in [0, 0.1) is 17.6 Å². The van der Waals surface area contributed by atoms with Crippen LogP contribution in [0.5, 0.6) is 0 Å². The molecule has 1 heterocycles. The third-order valence-electron chi connectivity index (χ3n) is 4.39.